The van der Waals surface area contributed by atoms with Crippen molar-refractivity contribution >= 4 is 21.8 Å². The van der Waals surface area contributed by atoms with E-state index in [9.17, 15) is 4.79 Å². The van der Waals surface area contributed by atoms with Gasteiger partial charge in [0.05, 0.1) is 5.56 Å². The van der Waals surface area contributed by atoms with Crippen molar-refractivity contribution in [3.05, 3.63) is 24.3 Å². The molecule has 1 aliphatic rings. The van der Waals surface area contributed by atoms with E-state index in [2.05, 4.69) is 25.9 Å². The van der Waals surface area contributed by atoms with E-state index in [1.807, 2.05) is 4.90 Å². The van der Waals surface area contributed by atoms with Crippen molar-refractivity contribution in [3.8, 4) is 0 Å². The van der Waals surface area contributed by atoms with Gasteiger partial charge in [-0.3, -0.25) is 4.79 Å². The average molecular weight is 270 g/mol. The number of hydrogen-bond acceptors (Lipinski definition) is 3. The van der Waals surface area contributed by atoms with Gasteiger partial charge >= 0.3 is 0 Å². The van der Waals surface area contributed by atoms with Crippen LogP contribution in [0.2, 0.25) is 0 Å². The molecule has 1 atom stereocenters. The van der Waals surface area contributed by atoms with Gasteiger partial charge in [0.1, 0.15) is 6.33 Å². The van der Waals surface area contributed by atoms with Crippen LogP contribution in [0.4, 0.5) is 0 Å². The predicted octanol–water partition coefficient (Wildman–Crippen LogP) is 1.33. The molecule has 0 spiro atoms. The van der Waals surface area contributed by atoms with Crippen molar-refractivity contribution in [1.29, 1.82) is 0 Å². The number of rotatable bonds is 2. The second-order valence-electron chi connectivity index (χ2n) is 3.69. The van der Waals surface area contributed by atoms with Gasteiger partial charge in [-0.25, -0.2) is 9.97 Å². The first-order valence-electron chi connectivity index (χ1n) is 4.91. The third-order valence-corrected chi connectivity index (χ3v) is 3.51. The van der Waals surface area contributed by atoms with Gasteiger partial charge in [-0.15, -0.1) is 0 Å². The molecule has 1 aromatic heterocycles. The van der Waals surface area contributed by atoms with E-state index in [1.165, 1.54) is 6.33 Å². The summed E-state index contributed by atoms with van der Waals surface area (Å²) in [6.45, 7) is 1.67. The first kappa shape index (κ1) is 10.5. The molecule has 0 saturated carbocycles. The van der Waals surface area contributed by atoms with Crippen LogP contribution in [0.25, 0.3) is 0 Å². The molecule has 4 nitrogen and oxygen atoms in total. The number of hydrogen-bond donors (Lipinski definition) is 0. The van der Waals surface area contributed by atoms with Crippen molar-refractivity contribution in [2.45, 2.75) is 6.42 Å². The third-order valence-electron chi connectivity index (χ3n) is 2.60. The maximum Gasteiger partial charge on any atom is 0.256 e. The number of halogens is 1. The standard InChI is InChI=1S/C10H12BrN3O/c11-3-8-1-2-14(6-8)10(15)9-4-12-7-13-5-9/h4-5,7-8H,1-3,6H2. The molecular weight excluding hydrogens is 258 g/mol. The lowest BCUT2D eigenvalue weighted by atomic mass is 10.2. The molecule has 0 N–H and O–H groups in total. The molecule has 0 aromatic carbocycles. The maximum absolute atomic E-state index is 11.9. The van der Waals surface area contributed by atoms with E-state index < -0.39 is 0 Å². The van der Waals surface area contributed by atoms with E-state index in [0.717, 1.165) is 24.8 Å². The largest absolute Gasteiger partial charge is 0.338 e. The molecule has 1 unspecified atom stereocenters. The molecule has 1 fully saturated rings. The monoisotopic (exact) mass is 269 g/mol. The highest BCUT2D eigenvalue weighted by Gasteiger charge is 2.26. The first-order chi connectivity index (χ1) is 7.31. The Balaban J connectivity index is 2.04. The van der Waals surface area contributed by atoms with Crippen LogP contribution in [-0.4, -0.2) is 39.2 Å². The van der Waals surface area contributed by atoms with Crippen LogP contribution in [-0.2, 0) is 0 Å². The lowest BCUT2D eigenvalue weighted by Crippen LogP contribution is -2.29. The topological polar surface area (TPSA) is 46.1 Å². The fourth-order valence-corrected chi connectivity index (χ4v) is 2.26. The Morgan fingerprint density at radius 2 is 2.27 bits per heavy atom. The molecule has 1 saturated heterocycles. The minimum absolute atomic E-state index is 0.0408. The number of amides is 1. The zero-order valence-corrected chi connectivity index (χ0v) is 9.85. The van der Waals surface area contributed by atoms with Crippen LogP contribution in [0.5, 0.6) is 0 Å². The highest BCUT2D eigenvalue weighted by atomic mass is 79.9. The number of aromatic nitrogens is 2. The fourth-order valence-electron chi connectivity index (χ4n) is 1.74. The Bertz CT molecular complexity index is 344. The summed E-state index contributed by atoms with van der Waals surface area (Å²) in [4.78, 5) is 21.5. The second-order valence-corrected chi connectivity index (χ2v) is 4.33. The quantitative estimate of drug-likeness (QED) is 0.762. The minimum Gasteiger partial charge on any atom is -0.338 e. The summed E-state index contributed by atoms with van der Waals surface area (Å²) in [7, 11) is 0. The number of alkyl halides is 1. The highest BCUT2D eigenvalue weighted by Crippen LogP contribution is 2.19. The van der Waals surface area contributed by atoms with Crippen LogP contribution in [0.15, 0.2) is 18.7 Å². The Labute approximate surface area is 96.8 Å². The van der Waals surface area contributed by atoms with Gasteiger partial charge in [-0.05, 0) is 12.3 Å². The van der Waals surface area contributed by atoms with Gasteiger partial charge in [-0.1, -0.05) is 15.9 Å². The van der Waals surface area contributed by atoms with E-state index in [0.29, 0.717) is 11.5 Å². The first-order valence-corrected chi connectivity index (χ1v) is 6.03. The number of likely N-dealkylation sites (tertiary alicyclic amines) is 1. The Morgan fingerprint density at radius 1 is 1.53 bits per heavy atom. The summed E-state index contributed by atoms with van der Waals surface area (Å²) >= 11 is 3.45. The van der Waals surface area contributed by atoms with Crippen LogP contribution in [0.3, 0.4) is 0 Å². The van der Waals surface area contributed by atoms with Crippen molar-refractivity contribution in [2.75, 3.05) is 18.4 Å². The Kier molecular flexibility index (Phi) is 3.30. The number of carbonyl (C=O) groups excluding carboxylic acids is 1. The molecule has 0 radical (unpaired) electrons. The molecule has 1 aromatic rings. The zero-order valence-electron chi connectivity index (χ0n) is 8.27. The van der Waals surface area contributed by atoms with Crippen LogP contribution >= 0.6 is 15.9 Å². The molecule has 15 heavy (non-hydrogen) atoms. The molecule has 1 aliphatic heterocycles. The molecular formula is C10H12BrN3O. The summed E-state index contributed by atoms with van der Waals surface area (Å²) in [5, 5.41) is 0.960. The third kappa shape index (κ3) is 2.34. The van der Waals surface area contributed by atoms with Crippen LogP contribution in [0, 0.1) is 5.92 Å². The second kappa shape index (κ2) is 4.70. The molecule has 80 valence electrons. The van der Waals surface area contributed by atoms with Crippen molar-refractivity contribution in [1.82, 2.24) is 14.9 Å². The van der Waals surface area contributed by atoms with E-state index in [-0.39, 0.29) is 5.91 Å². The minimum atomic E-state index is 0.0408. The van der Waals surface area contributed by atoms with Gasteiger partial charge in [0.25, 0.3) is 5.91 Å². The number of carbonyl (C=O) groups is 1. The molecule has 2 heterocycles. The van der Waals surface area contributed by atoms with Gasteiger partial charge < -0.3 is 4.90 Å². The van der Waals surface area contributed by atoms with Crippen molar-refractivity contribution in [2.24, 2.45) is 5.92 Å². The van der Waals surface area contributed by atoms with Crippen molar-refractivity contribution in [3.63, 3.8) is 0 Å². The van der Waals surface area contributed by atoms with Crippen molar-refractivity contribution < 1.29 is 4.79 Å². The normalized spacial score (nSPS) is 20.6. The summed E-state index contributed by atoms with van der Waals surface area (Å²) in [5.41, 5.74) is 0.577. The average Bonchev–Trinajstić information content (AvgIpc) is 2.78. The predicted molar refractivity (Wildman–Crippen MR) is 59.8 cm³/mol. The molecule has 5 heteroatoms. The van der Waals surface area contributed by atoms with Crippen LogP contribution in [0.1, 0.15) is 16.8 Å². The van der Waals surface area contributed by atoms with E-state index >= 15 is 0 Å². The lowest BCUT2D eigenvalue weighted by Gasteiger charge is -2.15. The maximum atomic E-state index is 11.9. The highest BCUT2D eigenvalue weighted by molar-refractivity contribution is 9.09. The fraction of sp³-hybridized carbons (Fsp3) is 0.500. The van der Waals surface area contributed by atoms with Gasteiger partial charge in [0.15, 0.2) is 0 Å². The number of nitrogens with zero attached hydrogens (tertiary/aromatic N) is 3. The lowest BCUT2D eigenvalue weighted by molar-refractivity contribution is 0.0787. The molecule has 0 bridgehead atoms. The summed E-state index contributed by atoms with van der Waals surface area (Å²) in [6, 6.07) is 0. The Morgan fingerprint density at radius 3 is 2.87 bits per heavy atom. The summed E-state index contributed by atoms with van der Waals surface area (Å²) < 4.78 is 0. The molecule has 0 aliphatic carbocycles. The molecule has 1 amide bonds. The van der Waals surface area contributed by atoms with Gasteiger partial charge in [0.2, 0.25) is 0 Å². The van der Waals surface area contributed by atoms with Gasteiger partial charge in [-0.2, -0.15) is 0 Å². The van der Waals surface area contributed by atoms with E-state index in [1.54, 1.807) is 12.4 Å². The van der Waals surface area contributed by atoms with Crippen LogP contribution < -0.4 is 0 Å². The molecule has 2 rings (SSSR count). The SMILES string of the molecule is O=C(c1cncnc1)N1CCC(CBr)C1. The zero-order chi connectivity index (χ0) is 10.7. The summed E-state index contributed by atoms with van der Waals surface area (Å²) in [5.74, 6) is 0.623. The smallest absolute Gasteiger partial charge is 0.256 e. The Hall–Kier alpha value is -0.970. The van der Waals surface area contributed by atoms with E-state index in [4.69, 9.17) is 0 Å². The summed E-state index contributed by atoms with van der Waals surface area (Å²) in [6.07, 6.45) is 5.64. The van der Waals surface area contributed by atoms with Gasteiger partial charge in [0, 0.05) is 30.8 Å².